The normalized spacial score (nSPS) is 11.2. The third-order valence-corrected chi connectivity index (χ3v) is 2.58. The Kier molecular flexibility index (Phi) is 6.04. The van der Waals surface area contributed by atoms with E-state index < -0.39 is 12.0 Å². The number of nitrogens with one attached hydrogen (secondary N) is 2. The third kappa shape index (κ3) is 4.98. The van der Waals surface area contributed by atoms with E-state index in [1.807, 2.05) is 6.92 Å². The highest BCUT2D eigenvalue weighted by Gasteiger charge is 2.09. The Bertz CT molecular complexity index is 523. The number of aromatic carboxylic acids is 1. The molecule has 0 radical (unpaired) electrons. The molecule has 2 amide bonds. The van der Waals surface area contributed by atoms with Crippen LogP contribution in [0.2, 0.25) is 0 Å². The third-order valence-electron chi connectivity index (χ3n) is 2.58. The summed E-state index contributed by atoms with van der Waals surface area (Å²) < 4.78 is 0. The van der Waals surface area contributed by atoms with E-state index in [4.69, 9.17) is 11.5 Å². The first-order valence-corrected chi connectivity index (χ1v) is 6.25. The molecule has 20 heavy (non-hydrogen) atoms. The van der Waals surface area contributed by atoms with E-state index in [1.165, 1.54) is 18.3 Å². The molecule has 0 saturated heterocycles. The van der Waals surface area contributed by atoms with Gasteiger partial charge in [-0.15, -0.1) is 6.42 Å². The van der Waals surface area contributed by atoms with Crippen LogP contribution < -0.4 is 10.6 Å². The number of nitrogens with zero attached hydrogens (tertiary/aromatic N) is 1. The standard InChI is InChI=1S/C14H17N3O3/c1-3-5-11(4-2)17-14(20)16-9-12-8-10(13(18)19)6-7-15-12/h2,6-8,11H,3,5,9H2,1H3,(H,18,19)(H2,16,17,20). The van der Waals surface area contributed by atoms with Crippen molar-refractivity contribution in [3.05, 3.63) is 29.6 Å². The fourth-order valence-corrected chi connectivity index (χ4v) is 1.57. The smallest absolute Gasteiger partial charge is 0.335 e. The summed E-state index contributed by atoms with van der Waals surface area (Å²) in [6.45, 7) is 2.11. The van der Waals surface area contributed by atoms with Crippen LogP contribution in [0.15, 0.2) is 18.3 Å². The molecule has 1 aromatic rings. The van der Waals surface area contributed by atoms with Gasteiger partial charge in [-0.25, -0.2) is 9.59 Å². The van der Waals surface area contributed by atoms with E-state index in [2.05, 4.69) is 21.5 Å². The summed E-state index contributed by atoms with van der Waals surface area (Å²) in [7, 11) is 0. The highest BCUT2D eigenvalue weighted by Crippen LogP contribution is 2.01. The molecule has 1 atom stereocenters. The molecule has 0 fully saturated rings. The van der Waals surface area contributed by atoms with Gasteiger partial charge in [0.1, 0.15) is 0 Å². The van der Waals surface area contributed by atoms with Crippen molar-refractivity contribution in [1.82, 2.24) is 15.6 Å². The Labute approximate surface area is 117 Å². The maximum absolute atomic E-state index is 11.6. The van der Waals surface area contributed by atoms with Gasteiger partial charge >= 0.3 is 12.0 Å². The van der Waals surface area contributed by atoms with Crippen molar-refractivity contribution in [3.8, 4) is 12.3 Å². The number of carbonyl (C=O) groups is 2. The van der Waals surface area contributed by atoms with Crippen LogP contribution in [-0.2, 0) is 6.54 Å². The van der Waals surface area contributed by atoms with Gasteiger partial charge < -0.3 is 15.7 Å². The van der Waals surface area contributed by atoms with E-state index in [0.29, 0.717) is 12.1 Å². The first-order valence-electron chi connectivity index (χ1n) is 6.25. The van der Waals surface area contributed by atoms with Crippen LogP contribution >= 0.6 is 0 Å². The molecular formula is C14H17N3O3. The second-order valence-electron chi connectivity index (χ2n) is 4.18. The molecule has 0 aliphatic heterocycles. The number of hydrogen-bond acceptors (Lipinski definition) is 3. The molecule has 1 aromatic heterocycles. The molecule has 0 aliphatic rings. The summed E-state index contributed by atoms with van der Waals surface area (Å²) in [5, 5.41) is 14.1. The molecule has 0 aromatic carbocycles. The minimum absolute atomic E-state index is 0.129. The van der Waals surface area contributed by atoms with E-state index >= 15 is 0 Å². The number of pyridine rings is 1. The zero-order valence-electron chi connectivity index (χ0n) is 11.2. The van der Waals surface area contributed by atoms with E-state index in [-0.39, 0.29) is 18.2 Å². The van der Waals surface area contributed by atoms with Crippen LogP contribution in [-0.4, -0.2) is 28.1 Å². The maximum Gasteiger partial charge on any atom is 0.335 e. The van der Waals surface area contributed by atoms with Gasteiger partial charge in [0.05, 0.1) is 23.8 Å². The van der Waals surface area contributed by atoms with Crippen molar-refractivity contribution in [3.63, 3.8) is 0 Å². The van der Waals surface area contributed by atoms with Crippen molar-refractivity contribution in [2.24, 2.45) is 0 Å². The summed E-state index contributed by atoms with van der Waals surface area (Å²) in [6, 6.07) is 2.09. The molecule has 6 nitrogen and oxygen atoms in total. The predicted octanol–water partition coefficient (Wildman–Crippen LogP) is 1.38. The fourth-order valence-electron chi connectivity index (χ4n) is 1.57. The number of carboxylic acid groups (broad SMARTS) is 1. The largest absolute Gasteiger partial charge is 0.478 e. The average molecular weight is 275 g/mol. The van der Waals surface area contributed by atoms with Gasteiger partial charge in [-0.2, -0.15) is 0 Å². The van der Waals surface area contributed by atoms with Crippen molar-refractivity contribution in [2.45, 2.75) is 32.4 Å². The quantitative estimate of drug-likeness (QED) is 0.684. The first kappa shape index (κ1) is 15.5. The minimum Gasteiger partial charge on any atom is -0.478 e. The van der Waals surface area contributed by atoms with Gasteiger partial charge in [-0.1, -0.05) is 19.3 Å². The Morgan fingerprint density at radius 2 is 2.30 bits per heavy atom. The lowest BCUT2D eigenvalue weighted by Gasteiger charge is -2.12. The average Bonchev–Trinajstić information content (AvgIpc) is 2.45. The lowest BCUT2D eigenvalue weighted by atomic mass is 10.2. The van der Waals surface area contributed by atoms with E-state index in [9.17, 15) is 9.59 Å². The van der Waals surface area contributed by atoms with Crippen molar-refractivity contribution >= 4 is 12.0 Å². The first-order chi connectivity index (χ1) is 9.56. The summed E-state index contributed by atoms with van der Waals surface area (Å²) in [4.78, 5) is 26.4. The number of carbonyl (C=O) groups excluding carboxylic acids is 1. The topological polar surface area (TPSA) is 91.3 Å². The van der Waals surface area contributed by atoms with Gasteiger partial charge in [-0.05, 0) is 18.6 Å². The van der Waals surface area contributed by atoms with Gasteiger partial charge in [0.2, 0.25) is 0 Å². The van der Waals surface area contributed by atoms with Crippen molar-refractivity contribution in [2.75, 3.05) is 0 Å². The number of carboxylic acids is 1. The molecule has 0 bridgehead atoms. The molecule has 1 heterocycles. The van der Waals surface area contributed by atoms with Crippen LogP contribution in [0.25, 0.3) is 0 Å². The molecule has 3 N–H and O–H groups in total. The molecule has 106 valence electrons. The van der Waals surface area contributed by atoms with Crippen molar-refractivity contribution in [1.29, 1.82) is 0 Å². The van der Waals surface area contributed by atoms with Crippen LogP contribution in [0.1, 0.15) is 35.8 Å². The number of hydrogen-bond donors (Lipinski definition) is 3. The molecule has 0 spiro atoms. The zero-order chi connectivity index (χ0) is 15.0. The molecule has 0 saturated carbocycles. The second kappa shape index (κ2) is 7.79. The molecule has 1 unspecified atom stereocenters. The maximum atomic E-state index is 11.6. The Morgan fingerprint density at radius 3 is 2.90 bits per heavy atom. The Morgan fingerprint density at radius 1 is 1.55 bits per heavy atom. The Balaban J connectivity index is 2.51. The molecule has 0 aliphatic carbocycles. The van der Waals surface area contributed by atoms with E-state index in [1.54, 1.807) is 0 Å². The zero-order valence-corrected chi connectivity index (χ0v) is 11.2. The fraction of sp³-hybridized carbons (Fsp3) is 0.357. The van der Waals surface area contributed by atoms with Crippen LogP contribution in [0.5, 0.6) is 0 Å². The number of amides is 2. The van der Waals surface area contributed by atoms with E-state index in [0.717, 1.165) is 6.42 Å². The highest BCUT2D eigenvalue weighted by molar-refractivity contribution is 5.87. The summed E-state index contributed by atoms with van der Waals surface area (Å²) in [5.41, 5.74) is 0.595. The lowest BCUT2D eigenvalue weighted by molar-refractivity contribution is 0.0696. The lowest BCUT2D eigenvalue weighted by Crippen LogP contribution is -2.41. The van der Waals surface area contributed by atoms with Gasteiger partial charge in [-0.3, -0.25) is 4.98 Å². The number of terminal acetylenes is 1. The SMILES string of the molecule is C#CC(CCC)NC(=O)NCc1cc(C(=O)O)ccn1. The molecule has 6 heteroatoms. The van der Waals surface area contributed by atoms with Crippen LogP contribution in [0.4, 0.5) is 4.79 Å². The van der Waals surface area contributed by atoms with Gasteiger partial charge in [0, 0.05) is 6.20 Å². The minimum atomic E-state index is -1.03. The summed E-state index contributed by atoms with van der Waals surface area (Å²) in [5.74, 6) is 1.46. The molecular weight excluding hydrogens is 258 g/mol. The van der Waals surface area contributed by atoms with Gasteiger partial charge in [0.25, 0.3) is 0 Å². The van der Waals surface area contributed by atoms with Crippen LogP contribution in [0, 0.1) is 12.3 Å². The Hall–Kier alpha value is -2.55. The summed E-state index contributed by atoms with van der Waals surface area (Å²) >= 11 is 0. The number of rotatable bonds is 6. The number of aromatic nitrogens is 1. The monoisotopic (exact) mass is 275 g/mol. The van der Waals surface area contributed by atoms with Crippen molar-refractivity contribution < 1.29 is 14.7 Å². The second-order valence-corrected chi connectivity index (χ2v) is 4.18. The predicted molar refractivity (Wildman–Crippen MR) is 74.1 cm³/mol. The van der Waals surface area contributed by atoms with Gasteiger partial charge in [0.15, 0.2) is 0 Å². The highest BCUT2D eigenvalue weighted by atomic mass is 16.4. The summed E-state index contributed by atoms with van der Waals surface area (Å²) in [6.07, 6.45) is 8.26. The molecule has 1 rings (SSSR count). The van der Waals surface area contributed by atoms with Crippen LogP contribution in [0.3, 0.4) is 0 Å². The number of urea groups is 1.